The fraction of sp³-hybridized carbons (Fsp3) is 0.800. The molecule has 1 heterocycles. The second-order valence-electron chi connectivity index (χ2n) is 5.47. The Morgan fingerprint density at radius 1 is 1.37 bits per heavy atom. The monoisotopic (exact) mass is 282 g/mol. The topological polar surface area (TPSA) is 34.1 Å². The molecule has 0 spiro atoms. The molecule has 0 aromatic carbocycles. The van der Waals surface area contributed by atoms with E-state index < -0.39 is 0 Å². The second kappa shape index (κ2) is 6.33. The van der Waals surface area contributed by atoms with Gasteiger partial charge in [0.15, 0.2) is 0 Å². The standard InChI is InChI=1S/C15H26N2OS/c1-5-18-15(9-7-6-8-10-15)14-17-12(3)13(19-14)11(2)16-4/h11,16H,5-10H2,1-4H3. The van der Waals surface area contributed by atoms with Gasteiger partial charge >= 0.3 is 0 Å². The summed E-state index contributed by atoms with van der Waals surface area (Å²) in [7, 11) is 2.00. The van der Waals surface area contributed by atoms with Gasteiger partial charge in [-0.15, -0.1) is 11.3 Å². The van der Waals surface area contributed by atoms with Gasteiger partial charge in [-0.3, -0.25) is 0 Å². The lowest BCUT2D eigenvalue weighted by Gasteiger charge is -2.35. The molecule has 2 rings (SSSR count). The van der Waals surface area contributed by atoms with Crippen LogP contribution in [0.15, 0.2) is 0 Å². The van der Waals surface area contributed by atoms with Crippen molar-refractivity contribution in [3.8, 4) is 0 Å². The van der Waals surface area contributed by atoms with Gasteiger partial charge in [-0.25, -0.2) is 4.98 Å². The zero-order chi connectivity index (χ0) is 13.9. The van der Waals surface area contributed by atoms with Crippen LogP contribution in [0.25, 0.3) is 0 Å². The maximum absolute atomic E-state index is 6.17. The first-order chi connectivity index (χ1) is 9.13. The van der Waals surface area contributed by atoms with Crippen LogP contribution >= 0.6 is 11.3 Å². The third kappa shape index (κ3) is 3.01. The molecule has 1 unspecified atom stereocenters. The van der Waals surface area contributed by atoms with Gasteiger partial charge in [-0.2, -0.15) is 0 Å². The first-order valence-corrected chi connectivity index (χ1v) is 8.23. The van der Waals surface area contributed by atoms with Crippen molar-refractivity contribution in [2.75, 3.05) is 13.7 Å². The Balaban J connectivity index is 2.31. The highest BCUT2D eigenvalue weighted by Crippen LogP contribution is 2.43. The van der Waals surface area contributed by atoms with Crippen molar-refractivity contribution in [2.24, 2.45) is 0 Å². The lowest BCUT2D eigenvalue weighted by molar-refractivity contribution is -0.0705. The molecule has 1 fully saturated rings. The first-order valence-electron chi connectivity index (χ1n) is 7.42. The summed E-state index contributed by atoms with van der Waals surface area (Å²) in [4.78, 5) is 6.20. The highest BCUT2D eigenvalue weighted by molar-refractivity contribution is 7.12. The Morgan fingerprint density at radius 3 is 2.63 bits per heavy atom. The molecule has 1 aliphatic rings. The third-order valence-corrected chi connectivity index (χ3v) is 5.66. The molecule has 0 saturated heterocycles. The van der Waals surface area contributed by atoms with E-state index in [-0.39, 0.29) is 5.60 Å². The number of rotatable bonds is 5. The van der Waals surface area contributed by atoms with Gasteiger partial charge < -0.3 is 10.1 Å². The van der Waals surface area contributed by atoms with E-state index in [4.69, 9.17) is 9.72 Å². The van der Waals surface area contributed by atoms with Crippen molar-refractivity contribution in [2.45, 2.75) is 64.5 Å². The summed E-state index contributed by atoms with van der Waals surface area (Å²) in [6.07, 6.45) is 6.10. The Morgan fingerprint density at radius 2 is 2.05 bits per heavy atom. The molecular formula is C15H26N2OS. The van der Waals surface area contributed by atoms with Gasteiger partial charge in [0.25, 0.3) is 0 Å². The molecule has 108 valence electrons. The van der Waals surface area contributed by atoms with Gasteiger partial charge in [0.05, 0.1) is 5.69 Å². The Labute approximate surface area is 120 Å². The molecule has 0 aliphatic heterocycles. The van der Waals surface area contributed by atoms with Crippen molar-refractivity contribution >= 4 is 11.3 Å². The molecule has 1 saturated carbocycles. The SMILES string of the molecule is CCOC1(c2nc(C)c(C(C)NC)s2)CCCCC1. The first kappa shape index (κ1) is 14.9. The molecule has 0 amide bonds. The van der Waals surface area contributed by atoms with Gasteiger partial charge in [0.2, 0.25) is 0 Å². The fourth-order valence-corrected chi connectivity index (χ4v) is 4.28. The lowest BCUT2D eigenvalue weighted by Crippen LogP contribution is -2.32. The lowest BCUT2D eigenvalue weighted by atomic mass is 9.85. The largest absolute Gasteiger partial charge is 0.368 e. The van der Waals surface area contributed by atoms with E-state index in [1.54, 1.807) is 0 Å². The van der Waals surface area contributed by atoms with Gasteiger partial charge in [-0.05, 0) is 40.7 Å². The Bertz CT molecular complexity index is 405. The van der Waals surface area contributed by atoms with Gasteiger partial charge in [0, 0.05) is 17.5 Å². The maximum Gasteiger partial charge on any atom is 0.125 e. The Hall–Kier alpha value is -0.450. The van der Waals surface area contributed by atoms with Gasteiger partial charge in [0.1, 0.15) is 10.6 Å². The zero-order valence-electron chi connectivity index (χ0n) is 12.6. The molecule has 0 radical (unpaired) electrons. The van der Waals surface area contributed by atoms with Gasteiger partial charge in [-0.1, -0.05) is 19.3 Å². The highest BCUT2D eigenvalue weighted by Gasteiger charge is 2.38. The van der Waals surface area contributed by atoms with Crippen LogP contribution in [0.1, 0.15) is 67.6 Å². The number of nitrogens with zero attached hydrogens (tertiary/aromatic N) is 1. The highest BCUT2D eigenvalue weighted by atomic mass is 32.1. The van der Waals surface area contributed by atoms with Crippen molar-refractivity contribution in [3.05, 3.63) is 15.6 Å². The number of aryl methyl sites for hydroxylation is 1. The number of ether oxygens (including phenoxy) is 1. The zero-order valence-corrected chi connectivity index (χ0v) is 13.4. The van der Waals surface area contributed by atoms with E-state index in [1.165, 1.54) is 29.1 Å². The molecule has 1 aromatic heterocycles. The molecule has 0 bridgehead atoms. The average Bonchev–Trinajstić information content (AvgIpc) is 2.82. The predicted octanol–water partition coefficient (Wildman–Crippen LogP) is 3.93. The summed E-state index contributed by atoms with van der Waals surface area (Å²) in [6, 6.07) is 0.369. The summed E-state index contributed by atoms with van der Waals surface area (Å²) in [6.45, 7) is 7.17. The molecule has 1 atom stereocenters. The molecule has 1 N–H and O–H groups in total. The number of thiazole rings is 1. The van der Waals surface area contributed by atoms with Crippen molar-refractivity contribution < 1.29 is 4.74 Å². The molecular weight excluding hydrogens is 256 g/mol. The second-order valence-corrected chi connectivity index (χ2v) is 6.50. The van der Waals surface area contributed by atoms with Crippen LogP contribution in [0.3, 0.4) is 0 Å². The van der Waals surface area contributed by atoms with Crippen LogP contribution in [0.5, 0.6) is 0 Å². The predicted molar refractivity (Wildman–Crippen MR) is 80.7 cm³/mol. The molecule has 1 aromatic rings. The van der Waals surface area contributed by atoms with E-state index in [9.17, 15) is 0 Å². The fourth-order valence-electron chi connectivity index (χ4n) is 2.96. The van der Waals surface area contributed by atoms with Crippen molar-refractivity contribution in [3.63, 3.8) is 0 Å². The average molecular weight is 282 g/mol. The number of hydrogen-bond acceptors (Lipinski definition) is 4. The minimum atomic E-state index is -0.103. The van der Waals surface area contributed by atoms with Crippen molar-refractivity contribution in [1.82, 2.24) is 10.3 Å². The maximum atomic E-state index is 6.17. The number of aromatic nitrogens is 1. The number of nitrogens with one attached hydrogen (secondary N) is 1. The van der Waals surface area contributed by atoms with Crippen LogP contribution < -0.4 is 5.32 Å². The van der Waals surface area contributed by atoms with E-state index >= 15 is 0 Å². The van der Waals surface area contributed by atoms with E-state index in [0.29, 0.717) is 6.04 Å². The normalized spacial score (nSPS) is 20.4. The summed E-state index contributed by atoms with van der Waals surface area (Å²) in [5.74, 6) is 0. The summed E-state index contributed by atoms with van der Waals surface area (Å²) < 4.78 is 6.17. The minimum absolute atomic E-state index is 0.103. The van der Waals surface area contributed by atoms with E-state index in [1.807, 2.05) is 18.4 Å². The molecule has 1 aliphatic carbocycles. The number of hydrogen-bond donors (Lipinski definition) is 1. The van der Waals surface area contributed by atoms with Crippen LogP contribution in [0.2, 0.25) is 0 Å². The smallest absolute Gasteiger partial charge is 0.125 e. The summed E-state index contributed by atoms with van der Waals surface area (Å²) >= 11 is 1.84. The van der Waals surface area contributed by atoms with E-state index in [2.05, 4.69) is 26.1 Å². The minimum Gasteiger partial charge on any atom is -0.368 e. The summed E-state index contributed by atoms with van der Waals surface area (Å²) in [5, 5.41) is 4.51. The van der Waals surface area contributed by atoms with E-state index in [0.717, 1.165) is 25.1 Å². The van der Waals surface area contributed by atoms with Crippen LogP contribution in [0.4, 0.5) is 0 Å². The van der Waals surface area contributed by atoms with Crippen LogP contribution in [0, 0.1) is 6.92 Å². The third-order valence-electron chi connectivity index (χ3n) is 4.13. The van der Waals surface area contributed by atoms with Crippen LogP contribution in [-0.4, -0.2) is 18.6 Å². The quantitative estimate of drug-likeness (QED) is 0.888. The molecule has 3 nitrogen and oxygen atoms in total. The Kier molecular flexibility index (Phi) is 4.98. The van der Waals surface area contributed by atoms with Crippen LogP contribution in [-0.2, 0) is 10.3 Å². The molecule has 19 heavy (non-hydrogen) atoms. The molecule has 4 heteroatoms. The summed E-state index contributed by atoms with van der Waals surface area (Å²) in [5.41, 5.74) is 1.06. The van der Waals surface area contributed by atoms with Crippen molar-refractivity contribution in [1.29, 1.82) is 0 Å².